The van der Waals surface area contributed by atoms with Crippen LogP contribution in [0.5, 0.6) is 11.5 Å². The Morgan fingerprint density at radius 2 is 1.86 bits per heavy atom. The van der Waals surface area contributed by atoms with Gasteiger partial charge in [-0.2, -0.15) is 0 Å². The van der Waals surface area contributed by atoms with Crippen molar-refractivity contribution in [3.63, 3.8) is 0 Å². The van der Waals surface area contributed by atoms with Crippen LogP contribution in [0.4, 0.5) is 8.78 Å². The number of halogens is 2. The van der Waals surface area contributed by atoms with Crippen molar-refractivity contribution in [2.45, 2.75) is 31.6 Å². The van der Waals surface area contributed by atoms with Crippen LogP contribution in [0, 0.1) is 0 Å². The van der Waals surface area contributed by atoms with E-state index in [2.05, 4.69) is 9.47 Å². The number of hydrogen-bond acceptors (Lipinski definition) is 6. The fourth-order valence-corrected chi connectivity index (χ4v) is 2.71. The van der Waals surface area contributed by atoms with E-state index >= 15 is 0 Å². The zero-order valence-corrected chi connectivity index (χ0v) is 12.0. The maximum Gasteiger partial charge on any atom is 0.586 e. The van der Waals surface area contributed by atoms with Crippen molar-refractivity contribution in [1.82, 2.24) is 4.90 Å². The molecule has 22 heavy (non-hydrogen) atoms. The first kappa shape index (κ1) is 15.4. The van der Waals surface area contributed by atoms with Gasteiger partial charge >= 0.3 is 6.29 Å². The number of nitrogens with zero attached hydrogens (tertiary/aromatic N) is 1. The van der Waals surface area contributed by atoms with Gasteiger partial charge in [-0.1, -0.05) is 12.1 Å². The van der Waals surface area contributed by atoms with Crippen molar-refractivity contribution in [2.24, 2.45) is 0 Å². The summed E-state index contributed by atoms with van der Waals surface area (Å²) in [5, 5.41) is 19.0. The molecule has 2 aliphatic rings. The molecule has 0 saturated carbocycles. The van der Waals surface area contributed by atoms with Gasteiger partial charge in [-0.25, -0.2) is 0 Å². The topological polar surface area (TPSA) is 71.4 Å². The van der Waals surface area contributed by atoms with Crippen LogP contribution in [0.25, 0.3) is 0 Å². The van der Waals surface area contributed by atoms with E-state index in [0.29, 0.717) is 12.2 Å². The standard InChI is InChI=1S/C14H17F2NO5/c1-17(10-6-20-7-11(10)19)4-8-2-3-9(5-18)13-12(8)21-14(15,16)22-13/h2-3,10-11,18-19H,4-7H2,1H3/t10-,11-/m1/s1. The van der Waals surface area contributed by atoms with Crippen LogP contribution >= 0.6 is 0 Å². The summed E-state index contributed by atoms with van der Waals surface area (Å²) in [6.45, 7) is 0.488. The van der Waals surface area contributed by atoms with Gasteiger partial charge in [-0.3, -0.25) is 4.90 Å². The molecule has 3 rings (SSSR count). The molecule has 1 saturated heterocycles. The van der Waals surface area contributed by atoms with E-state index in [1.54, 1.807) is 13.1 Å². The van der Waals surface area contributed by atoms with Gasteiger partial charge in [0.2, 0.25) is 0 Å². The number of likely N-dealkylation sites (N-methyl/N-ethyl adjacent to an activating group) is 1. The van der Waals surface area contributed by atoms with Gasteiger partial charge in [0.1, 0.15) is 0 Å². The summed E-state index contributed by atoms with van der Waals surface area (Å²) in [5.41, 5.74) is 0.730. The molecule has 6 nitrogen and oxygen atoms in total. The number of alkyl halides is 2. The Kier molecular flexibility index (Phi) is 3.94. The zero-order valence-electron chi connectivity index (χ0n) is 12.0. The molecule has 2 atom stereocenters. The second kappa shape index (κ2) is 5.62. The van der Waals surface area contributed by atoms with Gasteiger partial charge < -0.3 is 24.4 Å². The minimum Gasteiger partial charge on any atom is -0.395 e. The van der Waals surface area contributed by atoms with Crippen LogP contribution in [-0.2, 0) is 17.9 Å². The third-order valence-electron chi connectivity index (χ3n) is 3.89. The average molecular weight is 317 g/mol. The van der Waals surface area contributed by atoms with Gasteiger partial charge in [0.15, 0.2) is 11.5 Å². The number of benzene rings is 1. The molecule has 122 valence electrons. The van der Waals surface area contributed by atoms with E-state index in [4.69, 9.17) is 4.74 Å². The molecule has 0 bridgehead atoms. The smallest absolute Gasteiger partial charge is 0.395 e. The van der Waals surface area contributed by atoms with Crippen LogP contribution in [0.1, 0.15) is 11.1 Å². The predicted octanol–water partition coefficient (Wildman–Crippen LogP) is 0.692. The Hall–Kier alpha value is -1.48. The third-order valence-corrected chi connectivity index (χ3v) is 3.89. The first-order valence-electron chi connectivity index (χ1n) is 6.89. The first-order valence-corrected chi connectivity index (χ1v) is 6.89. The lowest BCUT2D eigenvalue weighted by Gasteiger charge is -2.25. The number of aliphatic hydroxyl groups is 2. The highest BCUT2D eigenvalue weighted by Gasteiger charge is 2.46. The summed E-state index contributed by atoms with van der Waals surface area (Å²) in [6, 6.07) is 2.92. The number of fused-ring (bicyclic) bond motifs is 1. The van der Waals surface area contributed by atoms with E-state index in [9.17, 15) is 19.0 Å². The summed E-state index contributed by atoms with van der Waals surface area (Å²) < 4.78 is 40.9. The SMILES string of the molecule is CN(Cc1ccc(CO)c2c1OC(F)(F)O2)[C@@H]1COC[C@H]1O. The Labute approximate surface area is 125 Å². The van der Waals surface area contributed by atoms with Crippen LogP contribution in [-0.4, -0.2) is 53.8 Å². The molecular weight excluding hydrogens is 300 g/mol. The van der Waals surface area contributed by atoms with Gasteiger partial charge in [0.05, 0.1) is 32.0 Å². The molecule has 0 aromatic heterocycles. The lowest BCUT2D eigenvalue weighted by Crippen LogP contribution is -2.40. The second-order valence-electron chi connectivity index (χ2n) is 5.45. The lowest BCUT2D eigenvalue weighted by atomic mass is 10.1. The first-order chi connectivity index (χ1) is 10.4. The largest absolute Gasteiger partial charge is 0.586 e. The van der Waals surface area contributed by atoms with E-state index in [1.807, 2.05) is 4.90 Å². The molecule has 0 radical (unpaired) electrons. The van der Waals surface area contributed by atoms with Crippen molar-refractivity contribution < 1.29 is 33.2 Å². The molecule has 2 N–H and O–H groups in total. The number of hydrogen-bond donors (Lipinski definition) is 2. The summed E-state index contributed by atoms with van der Waals surface area (Å²) in [6.07, 6.45) is -4.36. The van der Waals surface area contributed by atoms with Gasteiger partial charge in [0, 0.05) is 17.7 Å². The monoisotopic (exact) mass is 317 g/mol. The van der Waals surface area contributed by atoms with E-state index in [0.717, 1.165) is 0 Å². The molecule has 1 aromatic rings. The Morgan fingerprint density at radius 3 is 2.45 bits per heavy atom. The molecule has 0 unspecified atom stereocenters. The minimum atomic E-state index is -3.74. The molecule has 1 fully saturated rings. The fourth-order valence-electron chi connectivity index (χ4n) is 2.71. The molecule has 2 aliphatic heterocycles. The van der Waals surface area contributed by atoms with Crippen molar-refractivity contribution in [3.8, 4) is 11.5 Å². The predicted molar refractivity (Wildman–Crippen MR) is 70.6 cm³/mol. The third kappa shape index (κ3) is 2.74. The summed E-state index contributed by atoms with van der Waals surface area (Å²) in [7, 11) is 1.77. The normalized spacial score (nSPS) is 25.9. The van der Waals surface area contributed by atoms with Crippen molar-refractivity contribution in [2.75, 3.05) is 20.3 Å². The van der Waals surface area contributed by atoms with Crippen molar-refractivity contribution in [1.29, 1.82) is 0 Å². The summed E-state index contributed by atoms with van der Waals surface area (Å²) >= 11 is 0. The molecule has 0 aliphatic carbocycles. The highest BCUT2D eigenvalue weighted by Crippen LogP contribution is 2.46. The van der Waals surface area contributed by atoms with E-state index in [-0.39, 0.29) is 36.3 Å². The highest BCUT2D eigenvalue weighted by atomic mass is 19.3. The van der Waals surface area contributed by atoms with Gasteiger partial charge in [-0.15, -0.1) is 8.78 Å². The van der Waals surface area contributed by atoms with Crippen LogP contribution in [0.15, 0.2) is 12.1 Å². The Balaban J connectivity index is 1.85. The Bertz CT molecular complexity index is 568. The summed E-state index contributed by atoms with van der Waals surface area (Å²) in [4.78, 5) is 1.81. The maximum absolute atomic E-state index is 13.3. The molecule has 1 aromatic carbocycles. The number of rotatable bonds is 4. The highest BCUT2D eigenvalue weighted by molar-refractivity contribution is 5.53. The van der Waals surface area contributed by atoms with Crippen molar-refractivity contribution in [3.05, 3.63) is 23.3 Å². The molecule has 2 heterocycles. The zero-order chi connectivity index (χ0) is 15.9. The molecule has 0 spiro atoms. The van der Waals surface area contributed by atoms with E-state index in [1.165, 1.54) is 6.07 Å². The molecule has 8 heteroatoms. The average Bonchev–Trinajstić information content (AvgIpc) is 3.01. The van der Waals surface area contributed by atoms with Gasteiger partial charge in [0.25, 0.3) is 0 Å². The molecule has 0 amide bonds. The van der Waals surface area contributed by atoms with Crippen LogP contribution in [0.3, 0.4) is 0 Å². The van der Waals surface area contributed by atoms with Gasteiger partial charge in [-0.05, 0) is 7.05 Å². The quantitative estimate of drug-likeness (QED) is 0.851. The summed E-state index contributed by atoms with van der Waals surface area (Å²) in [5.74, 6) is -0.210. The fraction of sp³-hybridized carbons (Fsp3) is 0.571. The number of aliphatic hydroxyl groups excluding tert-OH is 2. The van der Waals surface area contributed by atoms with Crippen LogP contribution < -0.4 is 9.47 Å². The van der Waals surface area contributed by atoms with Crippen LogP contribution in [0.2, 0.25) is 0 Å². The maximum atomic E-state index is 13.3. The van der Waals surface area contributed by atoms with E-state index < -0.39 is 19.0 Å². The van der Waals surface area contributed by atoms with Crippen molar-refractivity contribution >= 4 is 0 Å². The molecular formula is C14H17F2NO5. The Morgan fingerprint density at radius 1 is 1.23 bits per heavy atom. The lowest BCUT2D eigenvalue weighted by molar-refractivity contribution is -0.287. The number of ether oxygens (including phenoxy) is 3. The minimum absolute atomic E-state index is 0.0724. The second-order valence-corrected chi connectivity index (χ2v) is 5.45.